The molecule has 0 saturated heterocycles. The van der Waals surface area contributed by atoms with E-state index >= 15 is 0 Å². The number of carbonyl (C=O) groups excluding carboxylic acids is 2. The molecule has 0 fully saturated rings. The van der Waals surface area contributed by atoms with Crippen LogP contribution in [0, 0.1) is 0 Å². The number of unbranched alkanes of at least 4 members (excludes halogenated alkanes) is 8. The van der Waals surface area contributed by atoms with Crippen LogP contribution in [0.15, 0.2) is 24.3 Å². The molecule has 6 nitrogen and oxygen atoms in total. The van der Waals surface area contributed by atoms with Gasteiger partial charge in [-0.15, -0.1) is 0 Å². The summed E-state index contributed by atoms with van der Waals surface area (Å²) in [5.74, 6) is -0.150. The van der Waals surface area contributed by atoms with Gasteiger partial charge in [0.1, 0.15) is 0 Å². The van der Waals surface area contributed by atoms with Crippen molar-refractivity contribution in [2.75, 3.05) is 52.4 Å². The lowest BCUT2D eigenvalue weighted by Gasteiger charge is -2.22. The van der Waals surface area contributed by atoms with Crippen molar-refractivity contribution in [3.8, 4) is 0 Å². The maximum Gasteiger partial charge on any atom is 0.251 e. The molecule has 0 spiro atoms. The van der Waals surface area contributed by atoms with E-state index in [-0.39, 0.29) is 11.8 Å². The zero-order valence-corrected chi connectivity index (χ0v) is 25.2. The fraction of sp³-hybridized carbons (Fsp3) is 0.750. The van der Waals surface area contributed by atoms with Gasteiger partial charge in [-0.2, -0.15) is 0 Å². The lowest BCUT2D eigenvalue weighted by atomic mass is 10.1. The van der Waals surface area contributed by atoms with E-state index < -0.39 is 0 Å². The highest BCUT2D eigenvalue weighted by Crippen LogP contribution is 2.07. The van der Waals surface area contributed by atoms with Crippen molar-refractivity contribution in [2.45, 2.75) is 105 Å². The Balaban J connectivity index is 2.45. The summed E-state index contributed by atoms with van der Waals surface area (Å²) in [6.07, 6.45) is 14.8. The van der Waals surface area contributed by atoms with Crippen LogP contribution >= 0.6 is 0 Å². The second-order valence-electron chi connectivity index (χ2n) is 10.6. The Labute approximate surface area is 234 Å². The molecule has 6 heteroatoms. The second kappa shape index (κ2) is 23.0. The molecule has 2 N–H and O–H groups in total. The summed E-state index contributed by atoms with van der Waals surface area (Å²) in [5.41, 5.74) is 1.20. The first-order valence-electron chi connectivity index (χ1n) is 15.7. The zero-order valence-electron chi connectivity index (χ0n) is 25.2. The maximum absolute atomic E-state index is 12.7. The van der Waals surface area contributed by atoms with Gasteiger partial charge in [0.15, 0.2) is 0 Å². The number of carbonyl (C=O) groups is 2. The number of nitrogens with zero attached hydrogens (tertiary/aromatic N) is 2. The van der Waals surface area contributed by atoms with Gasteiger partial charge in [-0.25, -0.2) is 0 Å². The van der Waals surface area contributed by atoms with E-state index in [1.54, 1.807) is 24.3 Å². The topological polar surface area (TPSA) is 64.7 Å². The van der Waals surface area contributed by atoms with Crippen molar-refractivity contribution in [3.05, 3.63) is 35.4 Å². The number of rotatable bonds is 24. The fourth-order valence-corrected chi connectivity index (χ4v) is 4.64. The van der Waals surface area contributed by atoms with E-state index in [0.717, 1.165) is 39.3 Å². The molecule has 2 amide bonds. The molecule has 0 aliphatic rings. The highest BCUT2D eigenvalue weighted by atomic mass is 16.2. The molecule has 0 aliphatic carbocycles. The van der Waals surface area contributed by atoms with Gasteiger partial charge in [-0.1, -0.05) is 79.1 Å². The average Bonchev–Trinajstić information content (AvgIpc) is 2.93. The van der Waals surface area contributed by atoms with E-state index in [9.17, 15) is 9.59 Å². The predicted molar refractivity (Wildman–Crippen MR) is 162 cm³/mol. The molecular formula is C32H58N4O2. The van der Waals surface area contributed by atoms with E-state index in [0.29, 0.717) is 24.2 Å². The molecular weight excluding hydrogens is 472 g/mol. The van der Waals surface area contributed by atoms with Crippen LogP contribution in [0.4, 0.5) is 0 Å². The Bertz CT molecular complexity index is 642. The monoisotopic (exact) mass is 530 g/mol. The van der Waals surface area contributed by atoms with Crippen LogP contribution in [-0.4, -0.2) is 74.0 Å². The molecule has 0 radical (unpaired) electrons. The number of hydrogen-bond donors (Lipinski definition) is 2. The smallest absolute Gasteiger partial charge is 0.251 e. The summed E-state index contributed by atoms with van der Waals surface area (Å²) >= 11 is 0. The summed E-state index contributed by atoms with van der Waals surface area (Å²) in [7, 11) is 0. The van der Waals surface area contributed by atoms with Crippen LogP contribution in [0.25, 0.3) is 0 Å². The SMILES string of the molecule is CCCCCN(CCCCC)CCNC(=O)c1ccc(C(=O)NCCN(CCCCC)CCCCC)cc1. The summed E-state index contributed by atoms with van der Waals surface area (Å²) in [5, 5.41) is 6.12. The Morgan fingerprint density at radius 3 is 1.05 bits per heavy atom. The third kappa shape index (κ3) is 16.1. The van der Waals surface area contributed by atoms with Gasteiger partial charge >= 0.3 is 0 Å². The predicted octanol–water partition coefficient (Wildman–Crippen LogP) is 6.51. The first-order valence-corrected chi connectivity index (χ1v) is 15.7. The Kier molecular flexibility index (Phi) is 20.7. The van der Waals surface area contributed by atoms with Crippen LogP contribution < -0.4 is 10.6 Å². The Morgan fingerprint density at radius 1 is 0.500 bits per heavy atom. The van der Waals surface area contributed by atoms with Gasteiger partial charge in [-0.3, -0.25) is 9.59 Å². The summed E-state index contributed by atoms with van der Waals surface area (Å²) in [6.45, 7) is 16.4. The highest BCUT2D eigenvalue weighted by Gasteiger charge is 2.11. The first-order chi connectivity index (χ1) is 18.5. The minimum atomic E-state index is -0.0752. The number of benzene rings is 1. The van der Waals surface area contributed by atoms with Crippen molar-refractivity contribution in [1.82, 2.24) is 20.4 Å². The summed E-state index contributed by atoms with van der Waals surface area (Å²) in [6, 6.07) is 7.03. The fourth-order valence-electron chi connectivity index (χ4n) is 4.64. The van der Waals surface area contributed by atoms with Gasteiger partial charge in [-0.05, 0) is 76.1 Å². The minimum absolute atomic E-state index is 0.0752. The minimum Gasteiger partial charge on any atom is -0.351 e. The molecule has 38 heavy (non-hydrogen) atoms. The van der Waals surface area contributed by atoms with Crippen molar-refractivity contribution in [2.24, 2.45) is 0 Å². The molecule has 1 aromatic carbocycles. The van der Waals surface area contributed by atoms with Crippen molar-refractivity contribution in [1.29, 1.82) is 0 Å². The van der Waals surface area contributed by atoms with Gasteiger partial charge in [0.2, 0.25) is 0 Å². The molecule has 0 unspecified atom stereocenters. The van der Waals surface area contributed by atoms with E-state index in [2.05, 4.69) is 48.1 Å². The van der Waals surface area contributed by atoms with E-state index in [4.69, 9.17) is 0 Å². The van der Waals surface area contributed by atoms with Gasteiger partial charge in [0.05, 0.1) is 0 Å². The molecule has 218 valence electrons. The number of hydrogen-bond acceptors (Lipinski definition) is 4. The van der Waals surface area contributed by atoms with Gasteiger partial charge in [0, 0.05) is 37.3 Å². The van der Waals surface area contributed by atoms with E-state index in [1.807, 2.05) is 0 Å². The summed E-state index contributed by atoms with van der Waals surface area (Å²) < 4.78 is 0. The quantitative estimate of drug-likeness (QED) is 0.150. The maximum atomic E-state index is 12.7. The molecule has 1 aromatic rings. The Morgan fingerprint density at radius 2 is 0.789 bits per heavy atom. The molecule has 1 rings (SSSR count). The summed E-state index contributed by atoms with van der Waals surface area (Å²) in [4.78, 5) is 30.3. The largest absolute Gasteiger partial charge is 0.351 e. The number of nitrogens with one attached hydrogen (secondary N) is 2. The van der Waals surface area contributed by atoms with Crippen LogP contribution in [0.1, 0.15) is 125 Å². The lowest BCUT2D eigenvalue weighted by Crippen LogP contribution is -2.36. The van der Waals surface area contributed by atoms with Crippen LogP contribution in [0.3, 0.4) is 0 Å². The normalized spacial score (nSPS) is 11.3. The van der Waals surface area contributed by atoms with Crippen molar-refractivity contribution in [3.63, 3.8) is 0 Å². The van der Waals surface area contributed by atoms with Gasteiger partial charge < -0.3 is 20.4 Å². The van der Waals surface area contributed by atoms with Crippen LogP contribution in [0.5, 0.6) is 0 Å². The standard InChI is InChI=1S/C32H58N4O2/c1-5-9-13-23-35(24-14-10-6-2)27-21-33-31(37)29-17-19-30(20-18-29)32(38)34-22-28-36(25-15-11-7-3)26-16-12-8-4/h17-20H,5-16,21-28H2,1-4H3,(H,33,37)(H,34,38). The lowest BCUT2D eigenvalue weighted by molar-refractivity contribution is 0.0936. The molecule has 0 bridgehead atoms. The average molecular weight is 531 g/mol. The molecule has 0 saturated carbocycles. The first kappa shape index (κ1) is 34.1. The third-order valence-electron chi connectivity index (χ3n) is 7.15. The molecule has 0 atom stereocenters. The third-order valence-corrected chi connectivity index (χ3v) is 7.15. The molecule has 0 aromatic heterocycles. The Hall–Kier alpha value is -1.92. The van der Waals surface area contributed by atoms with Crippen molar-refractivity contribution >= 4 is 11.8 Å². The van der Waals surface area contributed by atoms with Crippen molar-refractivity contribution < 1.29 is 9.59 Å². The van der Waals surface area contributed by atoms with Crippen LogP contribution in [-0.2, 0) is 0 Å². The van der Waals surface area contributed by atoms with Crippen LogP contribution in [0.2, 0.25) is 0 Å². The second-order valence-corrected chi connectivity index (χ2v) is 10.6. The number of amides is 2. The molecule has 0 aliphatic heterocycles. The zero-order chi connectivity index (χ0) is 27.8. The molecule has 0 heterocycles. The van der Waals surface area contributed by atoms with Gasteiger partial charge in [0.25, 0.3) is 11.8 Å². The highest BCUT2D eigenvalue weighted by molar-refractivity contribution is 5.97. The van der Waals surface area contributed by atoms with E-state index in [1.165, 1.54) is 77.0 Å².